The van der Waals surface area contributed by atoms with E-state index >= 15 is 0 Å². The fraction of sp³-hybridized carbons (Fsp3) is 0.484. The molecule has 362 valence electrons. The largest absolute Gasteiger partial charge is 0.790 e. The van der Waals surface area contributed by atoms with E-state index in [-0.39, 0.29) is 47.4 Å². The molecular formula is C31H37ClN10O21P3-3. The lowest BCUT2D eigenvalue weighted by Gasteiger charge is -2.35. The molecule has 2 fully saturated rings. The first-order valence-electron chi connectivity index (χ1n) is 18.8. The van der Waals surface area contributed by atoms with Crippen LogP contribution in [0.3, 0.4) is 0 Å². The van der Waals surface area contributed by atoms with Gasteiger partial charge in [-0.2, -0.15) is 4.98 Å². The molecule has 7 rings (SSSR count). The van der Waals surface area contributed by atoms with Gasteiger partial charge in [0.25, 0.3) is 32.7 Å². The van der Waals surface area contributed by atoms with Gasteiger partial charge < -0.3 is 92.9 Å². The lowest BCUT2D eigenvalue weighted by molar-refractivity contribution is -0.746. The highest BCUT2D eigenvalue weighted by Crippen LogP contribution is 2.44. The Bertz CT molecular complexity index is 2810. The number of phosphoric ester groups is 3. The number of fused-ring (bicyclic) bond motifs is 2. The standard InChI is InChI=1S/C31H40ClN10O21P3/c32-13-1-3-14(4-2-13)56-6-5-40-12-42(25-19(40)27(48)39-31(34)37-25)29-23(46)21(44)17(62-29)10-60-66(54,55)58-8-15(63-64(49,50)51)7-57-65(52,53)59-9-16-20(43)22(45)28(61-16)41-11-35-18-24(41)36-30(33)38-26(18)47/h1-4,11-12,15-17,20-23,28-29,43-46H,5-10H2,(H9-,33,34,36,37,38,39,47,48,49,50,51,52,53,54,55)/p-3/t15?,16-,17-,20-,21-,22-,23-,28-,29-/m1/s1. The highest BCUT2D eigenvalue weighted by molar-refractivity contribution is 7.46. The molecule has 0 saturated carbocycles. The summed E-state index contributed by atoms with van der Waals surface area (Å²) in [6.07, 6.45) is -13.4. The maximum Gasteiger partial charge on any atom is 0.313 e. The maximum atomic E-state index is 13.0. The first-order valence-corrected chi connectivity index (χ1v) is 23.6. The summed E-state index contributed by atoms with van der Waals surface area (Å²) in [7, 11) is -17.1. The molecule has 31 nitrogen and oxygen atoms in total. The molecule has 0 aliphatic carbocycles. The van der Waals surface area contributed by atoms with Crippen molar-refractivity contribution < 1.29 is 95.1 Å². The summed E-state index contributed by atoms with van der Waals surface area (Å²) in [5.74, 6) is -0.178. The molecule has 0 amide bonds. The van der Waals surface area contributed by atoms with Crippen molar-refractivity contribution in [2.24, 2.45) is 0 Å². The van der Waals surface area contributed by atoms with Gasteiger partial charge in [0.1, 0.15) is 61.6 Å². The van der Waals surface area contributed by atoms with Crippen LogP contribution in [-0.2, 0) is 52.3 Å². The van der Waals surface area contributed by atoms with E-state index in [0.29, 0.717) is 10.8 Å². The van der Waals surface area contributed by atoms with Crippen molar-refractivity contribution >= 4 is 69.3 Å². The van der Waals surface area contributed by atoms with Gasteiger partial charge in [-0.15, -0.1) is 0 Å². The van der Waals surface area contributed by atoms with Crippen LogP contribution in [0.5, 0.6) is 5.75 Å². The van der Waals surface area contributed by atoms with Crippen LogP contribution in [0.15, 0.2) is 46.5 Å². The van der Waals surface area contributed by atoms with E-state index in [1.165, 1.54) is 10.9 Å². The molecule has 0 bridgehead atoms. The van der Waals surface area contributed by atoms with E-state index in [1.54, 1.807) is 24.3 Å². The molecule has 0 radical (unpaired) electrons. The number of nitrogens with zero attached hydrogens (tertiary/aromatic N) is 6. The van der Waals surface area contributed by atoms with Crippen LogP contribution in [-0.4, -0.2) is 130 Å². The minimum absolute atomic E-state index is 0.0190. The predicted octanol–water partition coefficient (Wildman–Crippen LogP) is -5.50. The smallest absolute Gasteiger partial charge is 0.313 e. The topological polar surface area (TPSA) is 468 Å². The number of H-pyrrole nitrogens is 2. The van der Waals surface area contributed by atoms with Gasteiger partial charge in [0, 0.05) is 5.02 Å². The van der Waals surface area contributed by atoms with Gasteiger partial charge in [0.2, 0.25) is 17.7 Å². The molecule has 66 heavy (non-hydrogen) atoms. The van der Waals surface area contributed by atoms with Gasteiger partial charge in [0.15, 0.2) is 23.7 Å². The number of hydrogen-bond acceptors (Lipinski definition) is 26. The zero-order chi connectivity index (χ0) is 47.9. The Kier molecular flexibility index (Phi) is 14.8. The molecule has 3 unspecified atom stereocenters. The molecule has 5 aromatic rings. The fourth-order valence-corrected chi connectivity index (χ4v) is 8.81. The highest BCUT2D eigenvalue weighted by Gasteiger charge is 2.48. The number of aromatic amines is 2. The van der Waals surface area contributed by atoms with Crippen LogP contribution in [0.2, 0.25) is 5.02 Å². The molecule has 2 aliphatic rings. The average Bonchev–Trinajstić information content (AvgIpc) is 3.97. The van der Waals surface area contributed by atoms with Crippen molar-refractivity contribution in [2.45, 2.75) is 61.7 Å². The van der Waals surface area contributed by atoms with Crippen molar-refractivity contribution in [2.75, 3.05) is 44.5 Å². The summed E-state index contributed by atoms with van der Waals surface area (Å²) in [5, 5.41) is 43.3. The number of benzene rings is 1. The first kappa shape index (κ1) is 49.6. The molecule has 6 heterocycles. The molecular weight excluding hydrogens is 977 g/mol. The highest BCUT2D eigenvalue weighted by atomic mass is 35.5. The lowest BCUT2D eigenvalue weighted by Crippen LogP contribution is -2.46. The zero-order valence-electron chi connectivity index (χ0n) is 33.2. The van der Waals surface area contributed by atoms with Crippen LogP contribution in [0.1, 0.15) is 12.5 Å². The molecule has 10 N–H and O–H groups in total. The number of rotatable bonds is 20. The molecule has 11 atom stereocenters. The Labute approximate surface area is 372 Å². The van der Waals surface area contributed by atoms with E-state index in [9.17, 15) is 63.3 Å². The normalized spacial score (nSPS) is 25.9. The third-order valence-electron chi connectivity index (χ3n) is 9.69. The predicted molar refractivity (Wildman–Crippen MR) is 208 cm³/mol. The average molecular weight is 1010 g/mol. The minimum Gasteiger partial charge on any atom is -0.790 e. The second kappa shape index (κ2) is 19.7. The Morgan fingerprint density at radius 1 is 0.833 bits per heavy atom. The third-order valence-corrected chi connectivity index (χ3v) is 12.4. The summed E-state index contributed by atoms with van der Waals surface area (Å²) in [6, 6.07) is 6.44. The fourth-order valence-electron chi connectivity index (χ4n) is 6.69. The molecule has 1 aromatic carbocycles. The maximum absolute atomic E-state index is 13.0. The number of nitrogens with two attached hydrogens (primary N) is 2. The van der Waals surface area contributed by atoms with Gasteiger partial charge in [-0.25, -0.2) is 9.55 Å². The summed E-state index contributed by atoms with van der Waals surface area (Å²) in [5.41, 5.74) is 9.38. The minimum atomic E-state index is -6.00. The first-order chi connectivity index (χ1) is 31.0. The molecule has 4 aromatic heterocycles. The number of ether oxygens (including phenoxy) is 3. The van der Waals surface area contributed by atoms with Crippen LogP contribution >= 0.6 is 35.1 Å². The van der Waals surface area contributed by atoms with Crippen LogP contribution < -0.4 is 51.5 Å². The van der Waals surface area contributed by atoms with Gasteiger partial charge in [-0.3, -0.25) is 37.8 Å². The van der Waals surface area contributed by atoms with Crippen molar-refractivity contribution in [3.05, 3.63) is 62.7 Å². The van der Waals surface area contributed by atoms with E-state index in [4.69, 9.17) is 41.8 Å². The number of aliphatic hydroxyl groups is 4. The Morgan fingerprint density at radius 3 is 2.06 bits per heavy atom. The van der Waals surface area contributed by atoms with E-state index in [0.717, 1.165) is 15.5 Å². The number of hydrogen-bond donors (Lipinski definition) is 8. The van der Waals surface area contributed by atoms with E-state index in [2.05, 4.69) is 43.0 Å². The number of aliphatic hydroxyl groups excluding tert-OH is 4. The lowest BCUT2D eigenvalue weighted by atomic mass is 10.1. The number of anilines is 2. The Balaban J connectivity index is 0.934. The molecule has 35 heteroatoms. The molecule has 2 saturated heterocycles. The number of imidazole rings is 2. The van der Waals surface area contributed by atoms with Gasteiger partial charge in [0.05, 0.1) is 40.6 Å². The summed E-state index contributed by atoms with van der Waals surface area (Å²) < 4.78 is 80.1. The zero-order valence-corrected chi connectivity index (χ0v) is 36.6. The number of nitrogens with one attached hydrogen (secondary N) is 2. The van der Waals surface area contributed by atoms with Gasteiger partial charge >= 0.3 is 5.65 Å². The number of halogens is 1. The van der Waals surface area contributed by atoms with E-state index < -0.39 is 116 Å². The number of phosphoric acid groups is 3. The van der Waals surface area contributed by atoms with Crippen molar-refractivity contribution in [1.29, 1.82) is 0 Å². The van der Waals surface area contributed by atoms with Crippen LogP contribution in [0.25, 0.3) is 22.3 Å². The van der Waals surface area contributed by atoms with Crippen LogP contribution in [0.4, 0.5) is 11.9 Å². The second-order valence-corrected chi connectivity index (χ2v) is 18.6. The number of nitrogen functional groups attached to an aromatic ring is 2. The van der Waals surface area contributed by atoms with Gasteiger partial charge in [-0.1, -0.05) is 16.6 Å². The summed E-state index contributed by atoms with van der Waals surface area (Å²) >= 11 is 5.91. The SMILES string of the molecule is Nc1nc2c(ncn2[C@@H]2O[C@H](COP(=O)([O-])OCC(COP(=O)([O-])OC[C@H]3O[C@@H]([n+]4cn(CCOc5ccc(Cl)cc5)c5c(=O)[nH]c(N)nc54)[C@H](O)[C@@H]3O)OP(=O)([O-])[O-])[C@@H](O)[C@H]2O)c(=O)[nH]1. The van der Waals surface area contributed by atoms with Crippen molar-refractivity contribution in [3.63, 3.8) is 0 Å². The summed E-state index contributed by atoms with van der Waals surface area (Å²) in [4.78, 5) is 89.7. The monoisotopic (exact) mass is 1010 g/mol. The number of aromatic nitrogens is 8. The quantitative estimate of drug-likeness (QED) is 0.0266. The summed E-state index contributed by atoms with van der Waals surface area (Å²) in [6.45, 7) is -4.89. The van der Waals surface area contributed by atoms with Crippen LogP contribution in [0, 0.1) is 0 Å². The van der Waals surface area contributed by atoms with Gasteiger partial charge in [-0.05, 0) is 24.3 Å². The van der Waals surface area contributed by atoms with Crippen molar-refractivity contribution in [1.82, 2.24) is 34.1 Å². The third kappa shape index (κ3) is 11.5. The molecule has 0 spiro atoms. The Morgan fingerprint density at radius 2 is 1.42 bits per heavy atom. The second-order valence-electron chi connectivity index (χ2n) is 14.3. The van der Waals surface area contributed by atoms with E-state index in [1.807, 2.05) is 0 Å². The van der Waals surface area contributed by atoms with Crippen molar-refractivity contribution in [3.8, 4) is 5.75 Å². The molecule has 2 aliphatic heterocycles. The Hall–Kier alpha value is -4.30.